The highest BCUT2D eigenvalue weighted by Crippen LogP contribution is 2.27. The fourth-order valence-corrected chi connectivity index (χ4v) is 3.09. The molecule has 7 nitrogen and oxygen atoms in total. The van der Waals surface area contributed by atoms with Crippen molar-refractivity contribution in [3.05, 3.63) is 35.9 Å². The molecule has 2 aromatic heterocycles. The normalized spacial score (nSPS) is 18.0. The highest BCUT2D eigenvalue weighted by atomic mass is 16.5. The van der Waals surface area contributed by atoms with Crippen molar-refractivity contribution in [1.29, 1.82) is 0 Å². The molecule has 1 atom stereocenters. The lowest BCUT2D eigenvalue weighted by atomic mass is 10.1. The maximum absolute atomic E-state index is 11.9. The molecule has 0 aliphatic carbocycles. The van der Waals surface area contributed by atoms with Gasteiger partial charge in [0.05, 0.1) is 48.2 Å². The first-order chi connectivity index (χ1) is 11.7. The number of nitrogens with zero attached hydrogens (tertiary/aromatic N) is 3. The Hall–Kier alpha value is -2.41. The maximum Gasteiger partial charge on any atom is 0.340 e. The van der Waals surface area contributed by atoms with Gasteiger partial charge in [0.15, 0.2) is 0 Å². The molecule has 0 aromatic carbocycles. The summed E-state index contributed by atoms with van der Waals surface area (Å²) < 4.78 is 6.91. The lowest BCUT2D eigenvalue weighted by Gasteiger charge is -2.17. The Labute approximate surface area is 141 Å². The van der Waals surface area contributed by atoms with Gasteiger partial charge in [0.2, 0.25) is 0 Å². The number of esters is 1. The molecule has 2 aromatic rings. The Kier molecular flexibility index (Phi) is 5.10. The van der Waals surface area contributed by atoms with E-state index in [1.807, 2.05) is 13.1 Å². The second-order valence-electron chi connectivity index (χ2n) is 5.96. The molecule has 3 rings (SSSR count). The zero-order chi connectivity index (χ0) is 16.9. The van der Waals surface area contributed by atoms with Crippen LogP contribution in [0.5, 0.6) is 0 Å². The third kappa shape index (κ3) is 3.41. The lowest BCUT2D eigenvalue weighted by molar-refractivity contribution is 0.0602. The predicted molar refractivity (Wildman–Crippen MR) is 91.6 cm³/mol. The lowest BCUT2D eigenvalue weighted by Crippen LogP contribution is -2.16. The molecule has 3 heterocycles. The summed E-state index contributed by atoms with van der Waals surface area (Å²) in [6.45, 7) is 4.13. The van der Waals surface area contributed by atoms with E-state index in [1.165, 1.54) is 7.11 Å². The number of hydrogen-bond acceptors (Lipinski definition) is 6. The quantitative estimate of drug-likeness (QED) is 0.839. The number of carbonyl (C=O) groups excluding carboxylic acids is 1. The summed E-state index contributed by atoms with van der Waals surface area (Å²) in [7, 11) is 1.37. The Morgan fingerprint density at radius 3 is 3.04 bits per heavy atom. The summed E-state index contributed by atoms with van der Waals surface area (Å²) in [4.78, 5) is 16.0. The number of nitrogens with one attached hydrogen (secondary N) is 2. The van der Waals surface area contributed by atoms with E-state index in [4.69, 9.17) is 4.74 Å². The fourth-order valence-electron chi connectivity index (χ4n) is 3.09. The zero-order valence-electron chi connectivity index (χ0n) is 14.1. The van der Waals surface area contributed by atoms with Gasteiger partial charge in [-0.25, -0.2) is 4.79 Å². The molecule has 24 heavy (non-hydrogen) atoms. The molecule has 128 valence electrons. The average molecular weight is 329 g/mol. The van der Waals surface area contributed by atoms with Crippen LogP contribution in [0, 0.1) is 6.92 Å². The van der Waals surface area contributed by atoms with E-state index < -0.39 is 0 Å². The predicted octanol–water partition coefficient (Wildman–Crippen LogP) is 2.43. The van der Waals surface area contributed by atoms with Crippen LogP contribution in [0.25, 0.3) is 0 Å². The van der Waals surface area contributed by atoms with E-state index in [0.29, 0.717) is 17.3 Å². The van der Waals surface area contributed by atoms with Gasteiger partial charge in [-0.15, -0.1) is 0 Å². The number of ether oxygens (including phenoxy) is 1. The largest absolute Gasteiger partial charge is 0.465 e. The van der Waals surface area contributed by atoms with E-state index in [2.05, 4.69) is 25.4 Å². The van der Waals surface area contributed by atoms with Crippen molar-refractivity contribution in [2.24, 2.45) is 0 Å². The molecule has 1 aliphatic rings. The molecule has 7 heteroatoms. The Morgan fingerprint density at radius 1 is 1.33 bits per heavy atom. The topological polar surface area (TPSA) is 81.1 Å². The minimum Gasteiger partial charge on any atom is -0.465 e. The summed E-state index contributed by atoms with van der Waals surface area (Å²) in [5.74, 6) is -0.389. The van der Waals surface area contributed by atoms with Crippen LogP contribution in [0.3, 0.4) is 0 Å². The molecular formula is C17H23N5O2. The highest BCUT2D eigenvalue weighted by molar-refractivity contribution is 5.96. The molecule has 0 unspecified atom stereocenters. The van der Waals surface area contributed by atoms with Gasteiger partial charge >= 0.3 is 5.97 Å². The number of anilines is 2. The summed E-state index contributed by atoms with van der Waals surface area (Å²) in [6.07, 6.45) is 8.35. The second kappa shape index (κ2) is 7.44. The van der Waals surface area contributed by atoms with Gasteiger partial charge in [0.25, 0.3) is 0 Å². The van der Waals surface area contributed by atoms with Crippen LogP contribution in [0.1, 0.15) is 41.4 Å². The Morgan fingerprint density at radius 2 is 2.21 bits per heavy atom. The standard InChI is InChI=1S/C17H23N5O2/c1-12-15(11-20-22(12)13-4-3-7-18-8-5-13)21-16-10-19-9-6-14(16)17(23)24-2/h6,9-11,13,18,21H,3-5,7-8H2,1-2H3/t13-/m0/s1. The second-order valence-corrected chi connectivity index (χ2v) is 5.96. The molecule has 0 spiro atoms. The smallest absolute Gasteiger partial charge is 0.340 e. The number of rotatable bonds is 4. The number of aromatic nitrogens is 3. The number of methoxy groups -OCH3 is 1. The average Bonchev–Trinajstić information content (AvgIpc) is 2.81. The van der Waals surface area contributed by atoms with E-state index in [1.54, 1.807) is 18.5 Å². The van der Waals surface area contributed by atoms with Gasteiger partial charge in [-0.1, -0.05) is 0 Å². The first-order valence-corrected chi connectivity index (χ1v) is 8.25. The number of pyridine rings is 1. The molecule has 0 saturated carbocycles. The number of hydrogen-bond donors (Lipinski definition) is 2. The van der Waals surface area contributed by atoms with Gasteiger partial charge in [0, 0.05) is 6.20 Å². The van der Waals surface area contributed by atoms with E-state index in [9.17, 15) is 4.79 Å². The highest BCUT2D eigenvalue weighted by Gasteiger charge is 2.19. The zero-order valence-corrected chi connectivity index (χ0v) is 14.1. The van der Waals surface area contributed by atoms with Gasteiger partial charge in [-0.2, -0.15) is 5.10 Å². The molecule has 1 aliphatic heterocycles. The van der Waals surface area contributed by atoms with Crippen molar-refractivity contribution in [2.75, 3.05) is 25.5 Å². The summed E-state index contributed by atoms with van der Waals surface area (Å²) in [5.41, 5.74) is 3.01. The van der Waals surface area contributed by atoms with Crippen LogP contribution in [-0.2, 0) is 4.74 Å². The summed E-state index contributed by atoms with van der Waals surface area (Å²) in [5, 5.41) is 11.3. The third-order valence-electron chi connectivity index (χ3n) is 4.43. The molecule has 0 bridgehead atoms. The SMILES string of the molecule is COC(=O)c1ccncc1Nc1cnn([C@H]2CCCNCC2)c1C. The van der Waals surface area contributed by atoms with Crippen LogP contribution in [-0.4, -0.2) is 40.9 Å². The maximum atomic E-state index is 11.9. The van der Waals surface area contributed by atoms with Gasteiger partial charge in [0.1, 0.15) is 0 Å². The van der Waals surface area contributed by atoms with Gasteiger partial charge in [-0.3, -0.25) is 9.67 Å². The van der Waals surface area contributed by atoms with Crippen LogP contribution < -0.4 is 10.6 Å². The summed E-state index contributed by atoms with van der Waals surface area (Å²) >= 11 is 0. The van der Waals surface area contributed by atoms with E-state index in [0.717, 1.165) is 43.7 Å². The Balaban J connectivity index is 1.83. The summed E-state index contributed by atoms with van der Waals surface area (Å²) in [6, 6.07) is 2.05. The Bertz CT molecular complexity index is 705. The van der Waals surface area contributed by atoms with Crippen molar-refractivity contribution in [2.45, 2.75) is 32.2 Å². The van der Waals surface area contributed by atoms with Crippen molar-refractivity contribution >= 4 is 17.3 Å². The van der Waals surface area contributed by atoms with Crippen LogP contribution in [0.15, 0.2) is 24.7 Å². The van der Waals surface area contributed by atoms with Crippen LogP contribution in [0.4, 0.5) is 11.4 Å². The van der Waals surface area contributed by atoms with E-state index in [-0.39, 0.29) is 5.97 Å². The minimum atomic E-state index is -0.389. The minimum absolute atomic E-state index is 0.389. The van der Waals surface area contributed by atoms with Crippen LogP contribution >= 0.6 is 0 Å². The number of carbonyl (C=O) groups is 1. The fraction of sp³-hybridized carbons (Fsp3) is 0.471. The molecule has 1 saturated heterocycles. The molecule has 0 radical (unpaired) electrons. The van der Waals surface area contributed by atoms with Crippen molar-refractivity contribution in [1.82, 2.24) is 20.1 Å². The third-order valence-corrected chi connectivity index (χ3v) is 4.43. The first kappa shape index (κ1) is 16.4. The van der Waals surface area contributed by atoms with E-state index >= 15 is 0 Å². The molecule has 1 fully saturated rings. The molecule has 2 N–H and O–H groups in total. The monoisotopic (exact) mass is 329 g/mol. The first-order valence-electron chi connectivity index (χ1n) is 8.25. The van der Waals surface area contributed by atoms with Crippen molar-refractivity contribution in [3.63, 3.8) is 0 Å². The van der Waals surface area contributed by atoms with Crippen LogP contribution in [0.2, 0.25) is 0 Å². The van der Waals surface area contributed by atoms with Crippen molar-refractivity contribution in [3.8, 4) is 0 Å². The molecular weight excluding hydrogens is 306 g/mol. The van der Waals surface area contributed by atoms with Crippen molar-refractivity contribution < 1.29 is 9.53 Å². The molecule has 0 amide bonds. The van der Waals surface area contributed by atoms with Gasteiger partial charge in [-0.05, 0) is 45.3 Å². The van der Waals surface area contributed by atoms with Gasteiger partial charge < -0.3 is 15.4 Å².